The van der Waals surface area contributed by atoms with E-state index in [2.05, 4.69) is 77.3 Å². The molecule has 0 fully saturated rings. The smallest absolute Gasteiger partial charge is 0.156 e. The molecular formula is C26H19N3S2. The number of allylic oxidation sites excluding steroid dienone is 1. The standard InChI is InChI=1S/C26H19N3S2/c1-18-10-12-19(13-11-18)16-29-17-20(22-6-2-4-8-24(22)29)14-21(15-27)30-26-28-23-7-3-5-9-25(23)31-26/h2-14,17H,16H2,1H3/b21-14+. The lowest BCUT2D eigenvalue weighted by Gasteiger charge is -2.06. The third-order valence-corrected chi connectivity index (χ3v) is 7.19. The molecule has 0 saturated heterocycles. The Morgan fingerprint density at radius 1 is 1.06 bits per heavy atom. The summed E-state index contributed by atoms with van der Waals surface area (Å²) in [6.45, 7) is 2.89. The second-order valence-electron chi connectivity index (χ2n) is 7.39. The van der Waals surface area contributed by atoms with E-state index in [1.165, 1.54) is 22.9 Å². The molecule has 0 amide bonds. The van der Waals surface area contributed by atoms with Gasteiger partial charge in [0.2, 0.25) is 0 Å². The van der Waals surface area contributed by atoms with Crippen LogP contribution in [0.2, 0.25) is 0 Å². The molecule has 0 bridgehead atoms. The molecule has 2 heterocycles. The van der Waals surface area contributed by atoms with Gasteiger partial charge in [-0.2, -0.15) is 5.26 Å². The minimum Gasteiger partial charge on any atom is -0.342 e. The predicted octanol–water partition coefficient (Wildman–Crippen LogP) is 7.26. The Hall–Kier alpha value is -3.33. The summed E-state index contributed by atoms with van der Waals surface area (Å²) in [7, 11) is 0. The number of thiazole rings is 1. The van der Waals surface area contributed by atoms with Crippen molar-refractivity contribution in [1.29, 1.82) is 5.26 Å². The topological polar surface area (TPSA) is 41.6 Å². The molecule has 0 radical (unpaired) electrons. The van der Waals surface area contributed by atoms with Crippen molar-refractivity contribution < 1.29 is 0 Å². The van der Waals surface area contributed by atoms with E-state index in [1.54, 1.807) is 11.3 Å². The number of nitrogens with zero attached hydrogens (tertiary/aromatic N) is 3. The average Bonchev–Trinajstić information content (AvgIpc) is 3.36. The van der Waals surface area contributed by atoms with Crippen molar-refractivity contribution in [2.24, 2.45) is 0 Å². The van der Waals surface area contributed by atoms with E-state index >= 15 is 0 Å². The van der Waals surface area contributed by atoms with Crippen LogP contribution in [0.1, 0.15) is 16.7 Å². The van der Waals surface area contributed by atoms with Gasteiger partial charge in [0.1, 0.15) is 6.07 Å². The molecular weight excluding hydrogens is 418 g/mol. The van der Waals surface area contributed by atoms with Gasteiger partial charge in [-0.05, 0) is 48.5 Å². The van der Waals surface area contributed by atoms with Crippen LogP contribution >= 0.6 is 23.1 Å². The van der Waals surface area contributed by atoms with Gasteiger partial charge < -0.3 is 4.57 Å². The molecule has 5 rings (SSSR count). The maximum Gasteiger partial charge on any atom is 0.156 e. The molecule has 31 heavy (non-hydrogen) atoms. The van der Waals surface area contributed by atoms with Gasteiger partial charge in [0, 0.05) is 29.2 Å². The third kappa shape index (κ3) is 4.13. The highest BCUT2D eigenvalue weighted by molar-refractivity contribution is 8.05. The quantitative estimate of drug-likeness (QED) is 0.214. The van der Waals surface area contributed by atoms with Gasteiger partial charge in [0.05, 0.1) is 15.1 Å². The highest BCUT2D eigenvalue weighted by atomic mass is 32.2. The summed E-state index contributed by atoms with van der Waals surface area (Å²) in [5.41, 5.74) is 5.70. The van der Waals surface area contributed by atoms with Crippen molar-refractivity contribution >= 4 is 50.3 Å². The fraction of sp³-hybridized carbons (Fsp3) is 0.0769. The normalized spacial score (nSPS) is 11.8. The number of nitriles is 1. The maximum absolute atomic E-state index is 9.79. The molecule has 0 atom stereocenters. The number of aryl methyl sites for hydroxylation is 1. The number of para-hydroxylation sites is 2. The van der Waals surface area contributed by atoms with E-state index in [4.69, 9.17) is 0 Å². The summed E-state index contributed by atoms with van der Waals surface area (Å²) in [4.78, 5) is 5.29. The summed E-state index contributed by atoms with van der Waals surface area (Å²) in [6, 6.07) is 27.4. The lowest BCUT2D eigenvalue weighted by molar-refractivity contribution is 0.836. The highest BCUT2D eigenvalue weighted by Gasteiger charge is 2.11. The minimum absolute atomic E-state index is 0.636. The summed E-state index contributed by atoms with van der Waals surface area (Å²) in [6.07, 6.45) is 4.12. The molecule has 3 aromatic carbocycles. The minimum atomic E-state index is 0.636. The second kappa shape index (κ2) is 8.43. The molecule has 0 spiro atoms. The lowest BCUT2D eigenvalue weighted by atomic mass is 10.1. The number of fused-ring (bicyclic) bond motifs is 2. The van der Waals surface area contributed by atoms with Crippen LogP contribution in [0.4, 0.5) is 0 Å². The Morgan fingerprint density at radius 3 is 2.65 bits per heavy atom. The molecule has 150 valence electrons. The molecule has 0 saturated carbocycles. The zero-order valence-corrected chi connectivity index (χ0v) is 18.6. The monoisotopic (exact) mass is 437 g/mol. The Labute approximate surface area is 189 Å². The van der Waals surface area contributed by atoms with Crippen molar-refractivity contribution in [3.05, 3.63) is 101 Å². The van der Waals surface area contributed by atoms with Crippen molar-refractivity contribution in [2.45, 2.75) is 17.8 Å². The largest absolute Gasteiger partial charge is 0.342 e. The number of hydrogen-bond acceptors (Lipinski definition) is 4. The average molecular weight is 438 g/mol. The van der Waals surface area contributed by atoms with Gasteiger partial charge in [-0.3, -0.25) is 0 Å². The molecule has 0 N–H and O–H groups in total. The van der Waals surface area contributed by atoms with Crippen LogP contribution in [0.5, 0.6) is 0 Å². The van der Waals surface area contributed by atoms with Gasteiger partial charge in [0.15, 0.2) is 4.34 Å². The molecule has 0 aliphatic rings. The molecule has 0 unspecified atom stereocenters. The van der Waals surface area contributed by atoms with Gasteiger partial charge in [-0.25, -0.2) is 4.98 Å². The van der Waals surface area contributed by atoms with Crippen LogP contribution in [0.25, 0.3) is 27.2 Å². The SMILES string of the molecule is Cc1ccc(Cn2cc(/C=C(\C#N)Sc3nc4ccccc4s3)c3ccccc32)cc1. The number of benzene rings is 3. The van der Waals surface area contributed by atoms with E-state index in [9.17, 15) is 5.26 Å². The van der Waals surface area contributed by atoms with Crippen molar-refractivity contribution in [1.82, 2.24) is 9.55 Å². The first-order valence-electron chi connectivity index (χ1n) is 9.98. The fourth-order valence-corrected chi connectivity index (χ4v) is 5.59. The lowest BCUT2D eigenvalue weighted by Crippen LogP contribution is -1.97. The Balaban J connectivity index is 1.50. The van der Waals surface area contributed by atoms with E-state index in [0.29, 0.717) is 4.91 Å². The number of aromatic nitrogens is 2. The molecule has 5 heteroatoms. The van der Waals surface area contributed by atoms with Gasteiger partial charge in [-0.1, -0.05) is 60.2 Å². The first kappa shape index (κ1) is 19.6. The zero-order chi connectivity index (χ0) is 21.2. The van der Waals surface area contributed by atoms with Crippen molar-refractivity contribution in [3.63, 3.8) is 0 Å². The Kier molecular flexibility index (Phi) is 5.33. The first-order valence-corrected chi connectivity index (χ1v) is 11.6. The molecule has 3 nitrogen and oxygen atoms in total. The van der Waals surface area contributed by atoms with Crippen LogP contribution in [-0.2, 0) is 6.54 Å². The van der Waals surface area contributed by atoms with Crippen LogP contribution in [0.3, 0.4) is 0 Å². The van der Waals surface area contributed by atoms with E-state index in [0.717, 1.165) is 37.6 Å². The van der Waals surface area contributed by atoms with Crippen LogP contribution < -0.4 is 0 Å². The van der Waals surface area contributed by atoms with Crippen molar-refractivity contribution in [2.75, 3.05) is 0 Å². The summed E-state index contributed by atoms with van der Waals surface area (Å²) in [5, 5.41) is 10.9. The molecule has 5 aromatic rings. The fourth-order valence-electron chi connectivity index (χ4n) is 3.63. The molecule has 2 aromatic heterocycles. The second-order valence-corrected chi connectivity index (χ2v) is 9.70. The number of thioether (sulfide) groups is 1. The van der Waals surface area contributed by atoms with E-state index < -0.39 is 0 Å². The summed E-state index contributed by atoms with van der Waals surface area (Å²) < 4.78 is 4.28. The zero-order valence-electron chi connectivity index (χ0n) is 16.9. The number of rotatable bonds is 5. The van der Waals surface area contributed by atoms with Crippen LogP contribution in [0.15, 0.2) is 88.2 Å². The molecule has 0 aliphatic carbocycles. The van der Waals surface area contributed by atoms with E-state index in [-0.39, 0.29) is 0 Å². The Bertz CT molecular complexity index is 1420. The van der Waals surface area contributed by atoms with Crippen LogP contribution in [0, 0.1) is 18.3 Å². The molecule has 0 aliphatic heterocycles. The van der Waals surface area contributed by atoms with Crippen LogP contribution in [-0.4, -0.2) is 9.55 Å². The van der Waals surface area contributed by atoms with E-state index in [1.807, 2.05) is 30.3 Å². The number of hydrogen-bond donors (Lipinski definition) is 0. The third-order valence-electron chi connectivity index (χ3n) is 5.16. The summed E-state index contributed by atoms with van der Waals surface area (Å²) >= 11 is 3.05. The predicted molar refractivity (Wildman–Crippen MR) is 131 cm³/mol. The van der Waals surface area contributed by atoms with Gasteiger partial charge in [-0.15, -0.1) is 11.3 Å². The van der Waals surface area contributed by atoms with Crippen molar-refractivity contribution in [3.8, 4) is 6.07 Å². The summed E-state index contributed by atoms with van der Waals surface area (Å²) in [5.74, 6) is 0. The van der Waals surface area contributed by atoms with Gasteiger partial charge >= 0.3 is 0 Å². The maximum atomic E-state index is 9.79. The van der Waals surface area contributed by atoms with Gasteiger partial charge in [0.25, 0.3) is 0 Å². The highest BCUT2D eigenvalue weighted by Crippen LogP contribution is 2.35. The first-order chi connectivity index (χ1) is 15.2. The Morgan fingerprint density at radius 2 is 1.84 bits per heavy atom.